The molecular formula is C11H10BrClN2O2. The Bertz CT molecular complexity index is 568. The highest BCUT2D eigenvalue weighted by atomic mass is 79.9. The SMILES string of the molecule is CCOC(=O)Cn1cc2c(Cl)cc(Br)cc2n1. The van der Waals surface area contributed by atoms with E-state index in [1.54, 1.807) is 19.2 Å². The van der Waals surface area contributed by atoms with Gasteiger partial charge in [0, 0.05) is 16.1 Å². The normalized spacial score (nSPS) is 10.8. The lowest BCUT2D eigenvalue weighted by molar-refractivity contribution is -0.144. The third-order valence-electron chi connectivity index (χ3n) is 2.18. The van der Waals surface area contributed by atoms with Crippen LogP contribution in [0.15, 0.2) is 22.8 Å². The van der Waals surface area contributed by atoms with Crippen LogP contribution in [0, 0.1) is 0 Å². The summed E-state index contributed by atoms with van der Waals surface area (Å²) in [7, 11) is 0. The number of hydrogen-bond acceptors (Lipinski definition) is 3. The maximum Gasteiger partial charge on any atom is 0.327 e. The fraction of sp³-hybridized carbons (Fsp3) is 0.273. The molecule has 2 rings (SSSR count). The zero-order valence-corrected chi connectivity index (χ0v) is 11.5. The second-order valence-electron chi connectivity index (χ2n) is 3.45. The Balaban J connectivity index is 2.32. The number of rotatable bonds is 3. The number of nitrogens with zero attached hydrogens (tertiary/aromatic N) is 2. The van der Waals surface area contributed by atoms with Crippen LogP contribution in [0.25, 0.3) is 10.9 Å². The lowest BCUT2D eigenvalue weighted by Crippen LogP contribution is -2.13. The van der Waals surface area contributed by atoms with E-state index in [0.717, 1.165) is 15.4 Å². The fourth-order valence-corrected chi connectivity index (χ4v) is 2.36. The first-order valence-electron chi connectivity index (χ1n) is 5.08. The maximum absolute atomic E-state index is 11.3. The molecule has 4 nitrogen and oxygen atoms in total. The van der Waals surface area contributed by atoms with E-state index >= 15 is 0 Å². The number of aromatic nitrogens is 2. The second-order valence-corrected chi connectivity index (χ2v) is 4.77. The minimum absolute atomic E-state index is 0.0937. The number of carbonyl (C=O) groups excluding carboxylic acids is 1. The summed E-state index contributed by atoms with van der Waals surface area (Å²) in [6, 6.07) is 3.64. The molecule has 17 heavy (non-hydrogen) atoms. The molecule has 1 heterocycles. The first-order chi connectivity index (χ1) is 8.10. The van der Waals surface area contributed by atoms with E-state index < -0.39 is 0 Å². The number of carbonyl (C=O) groups is 1. The molecule has 1 aromatic carbocycles. The average molecular weight is 318 g/mol. The molecule has 90 valence electrons. The Morgan fingerprint density at radius 1 is 1.59 bits per heavy atom. The molecule has 0 saturated carbocycles. The van der Waals surface area contributed by atoms with E-state index in [9.17, 15) is 4.79 Å². The molecule has 0 fully saturated rings. The van der Waals surface area contributed by atoms with Gasteiger partial charge >= 0.3 is 5.97 Å². The largest absolute Gasteiger partial charge is 0.465 e. The van der Waals surface area contributed by atoms with Crippen molar-refractivity contribution >= 4 is 44.4 Å². The lowest BCUT2D eigenvalue weighted by Gasteiger charge is -2.00. The van der Waals surface area contributed by atoms with Gasteiger partial charge < -0.3 is 4.74 Å². The molecule has 2 aromatic rings. The molecule has 0 radical (unpaired) electrons. The third kappa shape index (κ3) is 2.79. The summed E-state index contributed by atoms with van der Waals surface area (Å²) in [5.41, 5.74) is 0.744. The van der Waals surface area contributed by atoms with E-state index in [-0.39, 0.29) is 12.5 Å². The number of halogens is 2. The molecule has 1 aromatic heterocycles. The van der Waals surface area contributed by atoms with Crippen LogP contribution < -0.4 is 0 Å². The summed E-state index contributed by atoms with van der Waals surface area (Å²) in [6.07, 6.45) is 1.74. The van der Waals surface area contributed by atoms with Crippen molar-refractivity contribution in [3.63, 3.8) is 0 Å². The summed E-state index contributed by atoms with van der Waals surface area (Å²) in [6.45, 7) is 2.23. The number of hydrogen-bond donors (Lipinski definition) is 0. The number of fused-ring (bicyclic) bond motifs is 1. The fourth-order valence-electron chi connectivity index (χ4n) is 1.52. The second kappa shape index (κ2) is 5.06. The predicted octanol–water partition coefficient (Wildman–Crippen LogP) is 3.02. The molecule has 0 saturated heterocycles. The van der Waals surface area contributed by atoms with Crippen LogP contribution >= 0.6 is 27.5 Å². The summed E-state index contributed by atoms with van der Waals surface area (Å²) >= 11 is 9.42. The first kappa shape index (κ1) is 12.4. The molecule has 0 aliphatic heterocycles. The first-order valence-corrected chi connectivity index (χ1v) is 6.25. The van der Waals surface area contributed by atoms with Gasteiger partial charge in [-0.1, -0.05) is 27.5 Å². The van der Waals surface area contributed by atoms with Gasteiger partial charge in [0.2, 0.25) is 0 Å². The van der Waals surface area contributed by atoms with Crippen LogP contribution in [0.5, 0.6) is 0 Å². The van der Waals surface area contributed by atoms with Crippen molar-refractivity contribution in [2.24, 2.45) is 0 Å². The van der Waals surface area contributed by atoms with Crippen molar-refractivity contribution in [2.75, 3.05) is 6.61 Å². The Hall–Kier alpha value is -1.07. The predicted molar refractivity (Wildman–Crippen MR) is 69.1 cm³/mol. The molecule has 0 N–H and O–H groups in total. The zero-order valence-electron chi connectivity index (χ0n) is 9.11. The van der Waals surface area contributed by atoms with Crippen LogP contribution in [-0.2, 0) is 16.1 Å². The monoisotopic (exact) mass is 316 g/mol. The molecule has 0 spiro atoms. The van der Waals surface area contributed by atoms with Gasteiger partial charge in [-0.3, -0.25) is 9.48 Å². The Kier molecular flexibility index (Phi) is 3.69. The molecule has 0 aliphatic rings. The molecule has 0 amide bonds. The zero-order chi connectivity index (χ0) is 12.4. The van der Waals surface area contributed by atoms with Gasteiger partial charge in [-0.2, -0.15) is 5.10 Å². The van der Waals surface area contributed by atoms with Gasteiger partial charge in [0.15, 0.2) is 0 Å². The Morgan fingerprint density at radius 3 is 3.06 bits per heavy atom. The van der Waals surface area contributed by atoms with Crippen molar-refractivity contribution in [2.45, 2.75) is 13.5 Å². The summed E-state index contributed by atoms with van der Waals surface area (Å²) in [5.74, 6) is -0.310. The van der Waals surface area contributed by atoms with Crippen molar-refractivity contribution < 1.29 is 9.53 Å². The van der Waals surface area contributed by atoms with Crippen LogP contribution in [0.4, 0.5) is 0 Å². The molecule has 0 unspecified atom stereocenters. The average Bonchev–Trinajstić information content (AvgIpc) is 2.60. The van der Waals surface area contributed by atoms with Crippen molar-refractivity contribution in [1.29, 1.82) is 0 Å². The van der Waals surface area contributed by atoms with Gasteiger partial charge in [0.05, 0.1) is 17.1 Å². The smallest absolute Gasteiger partial charge is 0.327 e. The Labute approximate surface area is 112 Å². The van der Waals surface area contributed by atoms with Crippen LogP contribution in [0.2, 0.25) is 5.02 Å². The van der Waals surface area contributed by atoms with E-state index in [0.29, 0.717) is 11.6 Å². The van der Waals surface area contributed by atoms with Crippen molar-refractivity contribution in [3.8, 4) is 0 Å². The summed E-state index contributed by atoms with van der Waals surface area (Å²) in [4.78, 5) is 11.3. The van der Waals surface area contributed by atoms with Gasteiger partial charge in [-0.25, -0.2) is 0 Å². The number of ether oxygens (including phenoxy) is 1. The molecule has 0 bridgehead atoms. The lowest BCUT2D eigenvalue weighted by atomic mass is 10.3. The quantitative estimate of drug-likeness (QED) is 0.817. The van der Waals surface area contributed by atoms with Crippen molar-refractivity contribution in [3.05, 3.63) is 27.8 Å². The molecule has 0 aliphatic carbocycles. The standard InChI is InChI=1S/C11H10BrClN2O2/c1-2-17-11(16)6-15-5-8-9(13)3-7(12)4-10(8)14-15/h3-5H,2,6H2,1H3. The van der Waals surface area contributed by atoms with Crippen molar-refractivity contribution in [1.82, 2.24) is 9.78 Å². The van der Waals surface area contributed by atoms with E-state index in [4.69, 9.17) is 16.3 Å². The molecule has 6 heteroatoms. The molecular weight excluding hydrogens is 307 g/mol. The van der Waals surface area contributed by atoms with Crippen LogP contribution in [-0.4, -0.2) is 22.4 Å². The van der Waals surface area contributed by atoms with E-state index in [1.165, 1.54) is 4.68 Å². The minimum atomic E-state index is -0.310. The van der Waals surface area contributed by atoms with E-state index in [2.05, 4.69) is 21.0 Å². The third-order valence-corrected chi connectivity index (χ3v) is 2.95. The molecule has 0 atom stereocenters. The highest BCUT2D eigenvalue weighted by Gasteiger charge is 2.09. The van der Waals surface area contributed by atoms with Gasteiger partial charge in [0.1, 0.15) is 6.54 Å². The van der Waals surface area contributed by atoms with Gasteiger partial charge in [0.25, 0.3) is 0 Å². The van der Waals surface area contributed by atoms with Gasteiger partial charge in [-0.15, -0.1) is 0 Å². The number of esters is 1. The minimum Gasteiger partial charge on any atom is -0.465 e. The van der Waals surface area contributed by atoms with E-state index in [1.807, 2.05) is 6.07 Å². The van der Waals surface area contributed by atoms with Crippen LogP contribution in [0.1, 0.15) is 6.92 Å². The topological polar surface area (TPSA) is 44.1 Å². The maximum atomic E-state index is 11.3. The Morgan fingerprint density at radius 2 is 2.35 bits per heavy atom. The summed E-state index contributed by atoms with van der Waals surface area (Å²) in [5, 5.41) is 5.68. The highest BCUT2D eigenvalue weighted by molar-refractivity contribution is 9.10. The van der Waals surface area contributed by atoms with Gasteiger partial charge in [-0.05, 0) is 19.1 Å². The number of benzene rings is 1. The highest BCUT2D eigenvalue weighted by Crippen LogP contribution is 2.27. The van der Waals surface area contributed by atoms with Crippen LogP contribution in [0.3, 0.4) is 0 Å². The summed E-state index contributed by atoms with van der Waals surface area (Å²) < 4.78 is 7.24.